The summed E-state index contributed by atoms with van der Waals surface area (Å²) in [5.74, 6) is 0.985. The summed E-state index contributed by atoms with van der Waals surface area (Å²) in [6.07, 6.45) is 1.92. The number of nitrogen functional groups attached to an aromatic ring is 1. The van der Waals surface area contributed by atoms with E-state index in [2.05, 4.69) is 18.8 Å². The molecule has 1 atom stereocenters. The van der Waals surface area contributed by atoms with E-state index in [4.69, 9.17) is 15.5 Å². The molecule has 2 aromatic rings. The maximum absolute atomic E-state index is 11.4. The summed E-state index contributed by atoms with van der Waals surface area (Å²) in [7, 11) is -9.94. The molecule has 0 spiro atoms. The van der Waals surface area contributed by atoms with Crippen molar-refractivity contribution in [2.24, 2.45) is 0 Å². The monoisotopic (exact) mass is 505 g/mol. The van der Waals surface area contributed by atoms with Crippen LogP contribution in [-0.2, 0) is 30.9 Å². The van der Waals surface area contributed by atoms with Crippen LogP contribution in [-0.4, -0.2) is 31.3 Å². The first-order valence-corrected chi connectivity index (χ1v) is 11.2. The molecule has 1 unspecified atom stereocenters. The number of phosphoric ester groups is 1. The standard InChI is InChI=1S/C12H18N4O7P2S.BrH/c1-8-11(3-4-22-25(20,21)23-24(17,18)19)26-7-16(8)6-10-5-14-9(2)15-12(10)13;/h5,7H,3-4,6H2,1-2H3,(H4-,13,14,15,17,18,19,20,21);1H/p+1. The highest BCUT2D eigenvalue weighted by Crippen LogP contribution is 2.57. The summed E-state index contributed by atoms with van der Waals surface area (Å²) in [5, 5.41) is 0. The molecule has 2 heterocycles. The fraction of sp³-hybridized carbons (Fsp3) is 0.417. The van der Waals surface area contributed by atoms with Crippen molar-refractivity contribution in [3.05, 3.63) is 33.7 Å². The second kappa shape index (κ2) is 9.64. The van der Waals surface area contributed by atoms with Crippen LogP contribution in [0.15, 0.2) is 11.7 Å². The first kappa shape index (κ1) is 24.3. The number of aryl methyl sites for hydroxylation is 1. The van der Waals surface area contributed by atoms with E-state index in [1.807, 2.05) is 17.0 Å². The van der Waals surface area contributed by atoms with Gasteiger partial charge < -0.3 is 20.4 Å². The zero-order valence-corrected chi connectivity index (χ0v) is 18.7. The maximum Gasteiger partial charge on any atom is 0.481 e. The average molecular weight is 506 g/mol. The molecule has 11 nitrogen and oxygen atoms in total. The van der Waals surface area contributed by atoms with Crippen molar-refractivity contribution >= 4 is 49.8 Å². The Morgan fingerprint density at radius 1 is 1.30 bits per heavy atom. The van der Waals surface area contributed by atoms with Gasteiger partial charge in [0, 0.05) is 19.5 Å². The second-order valence-electron chi connectivity index (χ2n) is 5.31. The largest absolute Gasteiger partial charge is 0.481 e. The Bertz CT molecular complexity index is 891. The van der Waals surface area contributed by atoms with Crippen molar-refractivity contribution in [1.29, 1.82) is 0 Å². The quantitative estimate of drug-likeness (QED) is 0.304. The number of nitrogens with two attached hydrogens (primary N) is 1. The Balaban J connectivity index is 0.00000364. The van der Waals surface area contributed by atoms with Crippen molar-refractivity contribution in [1.82, 2.24) is 9.97 Å². The molecule has 0 aliphatic rings. The van der Waals surface area contributed by atoms with E-state index in [9.17, 15) is 14.0 Å². The molecule has 15 heteroatoms. The van der Waals surface area contributed by atoms with Crippen LogP contribution in [0.2, 0.25) is 0 Å². The van der Waals surface area contributed by atoms with Gasteiger partial charge in [0.25, 0.3) is 0 Å². The predicted molar refractivity (Wildman–Crippen MR) is 102 cm³/mol. The predicted octanol–water partition coefficient (Wildman–Crippen LogP) is 1.42. The highest BCUT2D eigenvalue weighted by molar-refractivity contribution is 8.93. The van der Waals surface area contributed by atoms with Gasteiger partial charge in [-0.3, -0.25) is 4.52 Å². The van der Waals surface area contributed by atoms with E-state index in [1.165, 1.54) is 11.3 Å². The van der Waals surface area contributed by atoms with E-state index in [0.29, 0.717) is 18.2 Å². The van der Waals surface area contributed by atoms with E-state index in [0.717, 1.165) is 16.1 Å². The third kappa shape index (κ3) is 7.65. The molecule has 0 aliphatic carbocycles. The first-order valence-electron chi connectivity index (χ1n) is 7.25. The van der Waals surface area contributed by atoms with Gasteiger partial charge in [0.2, 0.25) is 5.51 Å². The van der Waals surface area contributed by atoms with Crippen molar-refractivity contribution in [3.63, 3.8) is 0 Å². The van der Waals surface area contributed by atoms with Crippen LogP contribution in [0.1, 0.15) is 22.0 Å². The second-order valence-corrected chi connectivity index (χ2v) is 9.08. The van der Waals surface area contributed by atoms with Crippen LogP contribution < -0.4 is 10.3 Å². The zero-order valence-electron chi connectivity index (χ0n) is 14.4. The number of halogens is 1. The van der Waals surface area contributed by atoms with Crippen LogP contribution in [0.25, 0.3) is 0 Å². The number of nitrogens with zero attached hydrogens (tertiary/aromatic N) is 3. The van der Waals surface area contributed by atoms with E-state index < -0.39 is 15.6 Å². The van der Waals surface area contributed by atoms with Crippen molar-refractivity contribution in [2.45, 2.75) is 26.8 Å². The fourth-order valence-electron chi connectivity index (χ4n) is 2.08. The number of hydrogen-bond acceptors (Lipinski definition) is 8. The third-order valence-electron chi connectivity index (χ3n) is 3.31. The molecular weight excluding hydrogens is 486 g/mol. The van der Waals surface area contributed by atoms with Crippen molar-refractivity contribution in [2.75, 3.05) is 12.3 Å². The Morgan fingerprint density at radius 2 is 1.96 bits per heavy atom. The molecule has 5 N–H and O–H groups in total. The lowest BCUT2D eigenvalue weighted by molar-refractivity contribution is -0.689. The van der Waals surface area contributed by atoms with Gasteiger partial charge >= 0.3 is 15.6 Å². The molecule has 0 saturated carbocycles. The highest BCUT2D eigenvalue weighted by atomic mass is 79.9. The summed E-state index contributed by atoms with van der Waals surface area (Å²) in [6.45, 7) is 3.83. The molecule has 0 bridgehead atoms. The van der Waals surface area contributed by atoms with Crippen LogP contribution in [0, 0.1) is 13.8 Å². The van der Waals surface area contributed by atoms with E-state index in [1.54, 1.807) is 13.1 Å². The summed E-state index contributed by atoms with van der Waals surface area (Å²) in [4.78, 5) is 35.4. The summed E-state index contributed by atoms with van der Waals surface area (Å²) >= 11 is 1.40. The molecule has 0 radical (unpaired) electrons. The van der Waals surface area contributed by atoms with Crippen LogP contribution in [0.3, 0.4) is 0 Å². The number of rotatable bonds is 8. The summed E-state index contributed by atoms with van der Waals surface area (Å²) in [6, 6.07) is 0. The summed E-state index contributed by atoms with van der Waals surface area (Å²) < 4.78 is 32.2. The Hall–Kier alpha value is -0.750. The Morgan fingerprint density at radius 3 is 2.56 bits per heavy atom. The number of hydrogen-bond donors (Lipinski definition) is 4. The molecular formula is C12H20BrN4O7P2S+. The lowest BCUT2D eigenvalue weighted by Crippen LogP contribution is -2.35. The van der Waals surface area contributed by atoms with Crippen LogP contribution in [0.5, 0.6) is 0 Å². The van der Waals surface area contributed by atoms with Crippen LogP contribution in [0.4, 0.5) is 5.82 Å². The molecule has 0 aliphatic heterocycles. The maximum atomic E-state index is 11.4. The van der Waals surface area contributed by atoms with Gasteiger partial charge in [0.1, 0.15) is 11.6 Å². The minimum Gasteiger partial charge on any atom is -0.383 e. The van der Waals surface area contributed by atoms with E-state index in [-0.39, 0.29) is 30.0 Å². The van der Waals surface area contributed by atoms with Crippen molar-refractivity contribution in [3.8, 4) is 0 Å². The highest BCUT2D eigenvalue weighted by Gasteiger charge is 2.32. The lowest BCUT2D eigenvalue weighted by atomic mass is 10.2. The molecule has 0 aromatic carbocycles. The minimum absolute atomic E-state index is 0. The van der Waals surface area contributed by atoms with Gasteiger partial charge in [0.05, 0.1) is 17.0 Å². The van der Waals surface area contributed by atoms with Gasteiger partial charge in [-0.15, -0.1) is 17.0 Å². The topological polar surface area (TPSA) is 169 Å². The number of phosphoric acid groups is 2. The zero-order chi connectivity index (χ0) is 19.5. The number of anilines is 1. The molecule has 2 rings (SSSR count). The normalized spacial score (nSPS) is 13.8. The molecule has 27 heavy (non-hydrogen) atoms. The van der Waals surface area contributed by atoms with Gasteiger partial charge in [-0.1, -0.05) is 11.3 Å². The minimum atomic E-state index is -5.12. The smallest absolute Gasteiger partial charge is 0.383 e. The molecule has 152 valence electrons. The lowest BCUT2D eigenvalue weighted by Gasteiger charge is -2.11. The Kier molecular flexibility index (Phi) is 8.67. The number of thiazole rings is 1. The fourth-order valence-corrected chi connectivity index (χ4v) is 4.64. The molecule has 0 saturated heterocycles. The first-order chi connectivity index (χ1) is 12.0. The van der Waals surface area contributed by atoms with Gasteiger partial charge in [-0.2, -0.15) is 8.88 Å². The molecule has 2 aromatic heterocycles. The van der Waals surface area contributed by atoms with E-state index >= 15 is 0 Å². The average Bonchev–Trinajstić information content (AvgIpc) is 2.80. The third-order valence-corrected chi connectivity index (χ3v) is 6.64. The van der Waals surface area contributed by atoms with Gasteiger partial charge in [-0.05, 0) is 6.92 Å². The van der Waals surface area contributed by atoms with Crippen LogP contribution >= 0.6 is 44.0 Å². The summed E-state index contributed by atoms with van der Waals surface area (Å²) in [5.41, 5.74) is 9.40. The van der Waals surface area contributed by atoms with Gasteiger partial charge in [-0.25, -0.2) is 19.1 Å². The molecule has 0 fully saturated rings. The number of aromatic nitrogens is 3. The Labute approximate surface area is 169 Å². The SMILES string of the molecule is Br.Cc1ncc(C[n+]2csc(CCOP(=O)(O)OP(=O)(O)O)c2C)c(N)n1. The molecule has 0 amide bonds. The van der Waals surface area contributed by atoms with Gasteiger partial charge in [0.15, 0.2) is 12.2 Å². The van der Waals surface area contributed by atoms with Crippen molar-refractivity contribution < 1.29 is 37.2 Å².